The Kier molecular flexibility index (Phi) is 5.26. The molecule has 1 aromatic carbocycles. The van der Waals surface area contributed by atoms with E-state index in [-0.39, 0.29) is 5.91 Å². The number of nitrogens with one attached hydrogen (secondary N) is 2. The molecule has 0 saturated carbocycles. The van der Waals surface area contributed by atoms with E-state index in [1.54, 1.807) is 18.3 Å². The molecule has 2 N–H and O–H groups in total. The standard InChI is InChI=1S/C16H20N4O/c1-3-4-9-19-16(21)13-7-5-6-12(11-13)15-18-10-8-14(17-2)20-15/h5-8,10-11H,3-4,9H2,1-2H3,(H,19,21)(H,17,18,20). The van der Waals surface area contributed by atoms with Crippen LogP contribution in [-0.2, 0) is 0 Å². The van der Waals surface area contributed by atoms with Crippen LogP contribution in [0.3, 0.4) is 0 Å². The minimum absolute atomic E-state index is 0.0601. The van der Waals surface area contributed by atoms with E-state index >= 15 is 0 Å². The number of benzene rings is 1. The number of amides is 1. The van der Waals surface area contributed by atoms with Crippen LogP contribution in [0.25, 0.3) is 11.4 Å². The number of unbranched alkanes of at least 4 members (excludes halogenated alkanes) is 1. The van der Waals surface area contributed by atoms with E-state index in [0.717, 1.165) is 24.2 Å². The molecule has 5 heteroatoms. The SMILES string of the molecule is CCCCNC(=O)c1cccc(-c2nccc(NC)n2)c1. The number of carbonyl (C=O) groups excluding carboxylic acids is 1. The number of hydrogen-bond acceptors (Lipinski definition) is 4. The molecule has 0 aliphatic rings. The highest BCUT2D eigenvalue weighted by Crippen LogP contribution is 2.17. The summed E-state index contributed by atoms with van der Waals surface area (Å²) in [6.45, 7) is 2.80. The van der Waals surface area contributed by atoms with Gasteiger partial charge in [-0.05, 0) is 24.6 Å². The first-order chi connectivity index (χ1) is 10.2. The summed E-state index contributed by atoms with van der Waals surface area (Å²) in [5, 5.41) is 5.89. The summed E-state index contributed by atoms with van der Waals surface area (Å²) in [6, 6.07) is 9.16. The summed E-state index contributed by atoms with van der Waals surface area (Å²) in [6.07, 6.45) is 3.74. The lowest BCUT2D eigenvalue weighted by Crippen LogP contribution is -2.24. The Morgan fingerprint density at radius 1 is 1.29 bits per heavy atom. The first kappa shape index (κ1) is 15.0. The molecule has 0 radical (unpaired) electrons. The van der Waals surface area contributed by atoms with Gasteiger partial charge in [0.1, 0.15) is 5.82 Å². The summed E-state index contributed by atoms with van der Waals surface area (Å²) in [7, 11) is 1.81. The summed E-state index contributed by atoms with van der Waals surface area (Å²) < 4.78 is 0. The summed E-state index contributed by atoms with van der Waals surface area (Å²) in [5.74, 6) is 1.29. The lowest BCUT2D eigenvalue weighted by Gasteiger charge is -2.07. The molecule has 2 rings (SSSR count). The molecular weight excluding hydrogens is 264 g/mol. The molecule has 1 amide bonds. The van der Waals surface area contributed by atoms with Gasteiger partial charge in [0, 0.05) is 30.9 Å². The third kappa shape index (κ3) is 4.02. The molecule has 110 valence electrons. The van der Waals surface area contributed by atoms with Gasteiger partial charge in [0.05, 0.1) is 0 Å². The van der Waals surface area contributed by atoms with Gasteiger partial charge in [-0.3, -0.25) is 4.79 Å². The van der Waals surface area contributed by atoms with Crippen LogP contribution >= 0.6 is 0 Å². The maximum Gasteiger partial charge on any atom is 0.251 e. The lowest BCUT2D eigenvalue weighted by molar-refractivity contribution is 0.0953. The van der Waals surface area contributed by atoms with Crippen LogP contribution in [0.2, 0.25) is 0 Å². The second-order valence-corrected chi connectivity index (χ2v) is 4.71. The van der Waals surface area contributed by atoms with Crippen molar-refractivity contribution in [1.82, 2.24) is 15.3 Å². The molecule has 0 aliphatic carbocycles. The van der Waals surface area contributed by atoms with E-state index in [1.165, 1.54) is 0 Å². The topological polar surface area (TPSA) is 66.9 Å². The molecule has 21 heavy (non-hydrogen) atoms. The average molecular weight is 284 g/mol. The van der Waals surface area contributed by atoms with Crippen molar-refractivity contribution in [2.24, 2.45) is 0 Å². The second-order valence-electron chi connectivity index (χ2n) is 4.71. The maximum atomic E-state index is 12.1. The van der Waals surface area contributed by atoms with Crippen molar-refractivity contribution in [3.8, 4) is 11.4 Å². The Balaban J connectivity index is 2.18. The Bertz CT molecular complexity index is 613. The molecule has 0 spiro atoms. The van der Waals surface area contributed by atoms with Gasteiger partial charge in [0.2, 0.25) is 0 Å². The molecule has 1 aromatic heterocycles. The fraction of sp³-hybridized carbons (Fsp3) is 0.312. The Morgan fingerprint density at radius 2 is 2.14 bits per heavy atom. The van der Waals surface area contributed by atoms with Crippen molar-refractivity contribution in [3.05, 3.63) is 42.1 Å². The molecule has 0 atom stereocenters. The summed E-state index contributed by atoms with van der Waals surface area (Å²) in [4.78, 5) is 20.7. The molecule has 0 saturated heterocycles. The fourth-order valence-corrected chi connectivity index (χ4v) is 1.92. The van der Waals surface area contributed by atoms with Gasteiger partial charge >= 0.3 is 0 Å². The van der Waals surface area contributed by atoms with E-state index in [0.29, 0.717) is 17.9 Å². The number of carbonyl (C=O) groups is 1. The smallest absolute Gasteiger partial charge is 0.251 e. The molecule has 0 bridgehead atoms. The van der Waals surface area contributed by atoms with E-state index in [1.807, 2.05) is 25.2 Å². The monoisotopic (exact) mass is 284 g/mol. The van der Waals surface area contributed by atoms with E-state index in [2.05, 4.69) is 27.5 Å². The Hall–Kier alpha value is -2.43. The van der Waals surface area contributed by atoms with E-state index < -0.39 is 0 Å². The normalized spacial score (nSPS) is 10.2. The highest BCUT2D eigenvalue weighted by molar-refractivity contribution is 5.95. The maximum absolute atomic E-state index is 12.1. The first-order valence-corrected chi connectivity index (χ1v) is 7.14. The van der Waals surface area contributed by atoms with Crippen molar-refractivity contribution < 1.29 is 4.79 Å². The van der Waals surface area contributed by atoms with Crippen molar-refractivity contribution in [2.75, 3.05) is 18.9 Å². The van der Waals surface area contributed by atoms with Crippen LogP contribution < -0.4 is 10.6 Å². The van der Waals surface area contributed by atoms with Crippen LogP contribution in [0.4, 0.5) is 5.82 Å². The van der Waals surface area contributed by atoms with Gasteiger partial charge < -0.3 is 10.6 Å². The van der Waals surface area contributed by atoms with Gasteiger partial charge in [-0.1, -0.05) is 25.5 Å². The Labute approximate surface area is 124 Å². The van der Waals surface area contributed by atoms with Gasteiger partial charge in [-0.15, -0.1) is 0 Å². The van der Waals surface area contributed by atoms with E-state index in [4.69, 9.17) is 0 Å². The molecule has 5 nitrogen and oxygen atoms in total. The van der Waals surface area contributed by atoms with Crippen LogP contribution in [0, 0.1) is 0 Å². The molecule has 2 aromatic rings. The predicted octanol–water partition coefficient (Wildman–Crippen LogP) is 2.72. The van der Waals surface area contributed by atoms with Gasteiger partial charge in [0.25, 0.3) is 5.91 Å². The number of rotatable bonds is 6. The van der Waals surface area contributed by atoms with Crippen molar-refractivity contribution in [1.29, 1.82) is 0 Å². The third-order valence-electron chi connectivity index (χ3n) is 3.11. The zero-order valence-electron chi connectivity index (χ0n) is 12.4. The number of hydrogen-bond donors (Lipinski definition) is 2. The quantitative estimate of drug-likeness (QED) is 0.800. The zero-order valence-corrected chi connectivity index (χ0v) is 12.4. The molecular formula is C16H20N4O. The van der Waals surface area contributed by atoms with Crippen molar-refractivity contribution in [3.63, 3.8) is 0 Å². The van der Waals surface area contributed by atoms with Crippen LogP contribution in [0.5, 0.6) is 0 Å². The predicted molar refractivity (Wildman–Crippen MR) is 84.3 cm³/mol. The van der Waals surface area contributed by atoms with Gasteiger partial charge in [-0.25, -0.2) is 9.97 Å². The zero-order chi connectivity index (χ0) is 15.1. The second kappa shape index (κ2) is 7.38. The number of nitrogens with zero attached hydrogens (tertiary/aromatic N) is 2. The van der Waals surface area contributed by atoms with Gasteiger partial charge in [0.15, 0.2) is 5.82 Å². The lowest BCUT2D eigenvalue weighted by atomic mass is 10.1. The highest BCUT2D eigenvalue weighted by atomic mass is 16.1. The molecule has 0 aliphatic heterocycles. The Morgan fingerprint density at radius 3 is 2.90 bits per heavy atom. The minimum atomic E-state index is -0.0601. The summed E-state index contributed by atoms with van der Waals surface area (Å²) >= 11 is 0. The van der Waals surface area contributed by atoms with Crippen LogP contribution in [0.15, 0.2) is 36.5 Å². The molecule has 0 unspecified atom stereocenters. The van der Waals surface area contributed by atoms with Gasteiger partial charge in [-0.2, -0.15) is 0 Å². The van der Waals surface area contributed by atoms with E-state index in [9.17, 15) is 4.79 Å². The fourth-order valence-electron chi connectivity index (χ4n) is 1.92. The minimum Gasteiger partial charge on any atom is -0.373 e. The molecule has 1 heterocycles. The highest BCUT2D eigenvalue weighted by Gasteiger charge is 2.08. The average Bonchev–Trinajstić information content (AvgIpc) is 2.55. The van der Waals surface area contributed by atoms with Crippen molar-refractivity contribution in [2.45, 2.75) is 19.8 Å². The van der Waals surface area contributed by atoms with Crippen LogP contribution in [0.1, 0.15) is 30.1 Å². The third-order valence-corrected chi connectivity index (χ3v) is 3.11. The number of anilines is 1. The molecule has 0 fully saturated rings. The summed E-state index contributed by atoms with van der Waals surface area (Å²) in [5.41, 5.74) is 1.46. The largest absolute Gasteiger partial charge is 0.373 e. The number of aromatic nitrogens is 2. The first-order valence-electron chi connectivity index (χ1n) is 7.14. The van der Waals surface area contributed by atoms with Crippen LogP contribution in [-0.4, -0.2) is 29.5 Å². The van der Waals surface area contributed by atoms with Crippen molar-refractivity contribution >= 4 is 11.7 Å².